The molecule has 2 bridgehead atoms. The summed E-state index contributed by atoms with van der Waals surface area (Å²) >= 11 is 12.2. The van der Waals surface area contributed by atoms with E-state index in [2.05, 4.69) is 6.08 Å². The van der Waals surface area contributed by atoms with Gasteiger partial charge in [-0.15, -0.1) is 0 Å². The first-order chi connectivity index (χ1) is 11.2. The molecule has 1 aromatic rings. The Balaban J connectivity index is 1.88. The molecule has 3 rings (SSSR count). The van der Waals surface area contributed by atoms with Crippen molar-refractivity contribution in [1.82, 2.24) is 4.90 Å². The Morgan fingerprint density at radius 3 is 2.46 bits per heavy atom. The van der Waals surface area contributed by atoms with Gasteiger partial charge in [-0.05, 0) is 56.5 Å². The van der Waals surface area contributed by atoms with Crippen LogP contribution in [0.4, 0.5) is 4.79 Å². The van der Waals surface area contributed by atoms with Gasteiger partial charge in [0.2, 0.25) is 0 Å². The number of halogens is 2. The Bertz CT molecular complexity index is 661. The van der Waals surface area contributed by atoms with Crippen molar-refractivity contribution in [3.8, 4) is 0 Å². The van der Waals surface area contributed by atoms with E-state index < -0.39 is 5.60 Å². The lowest BCUT2D eigenvalue weighted by molar-refractivity contribution is -0.0510. The lowest BCUT2D eigenvalue weighted by Gasteiger charge is -2.44. The zero-order valence-corrected chi connectivity index (χ0v) is 15.5. The van der Waals surface area contributed by atoms with Gasteiger partial charge in [-0.25, -0.2) is 4.79 Å². The van der Waals surface area contributed by atoms with Crippen LogP contribution in [-0.2, 0) is 9.47 Å². The van der Waals surface area contributed by atoms with Gasteiger partial charge in [-0.2, -0.15) is 0 Å². The van der Waals surface area contributed by atoms with E-state index >= 15 is 0 Å². The van der Waals surface area contributed by atoms with E-state index in [1.807, 2.05) is 32.9 Å². The summed E-state index contributed by atoms with van der Waals surface area (Å²) < 4.78 is 11.2. The molecule has 2 aliphatic heterocycles. The molecule has 2 atom stereocenters. The van der Waals surface area contributed by atoms with E-state index in [0.29, 0.717) is 29.7 Å². The maximum Gasteiger partial charge on any atom is 0.411 e. The number of fused-ring (bicyclic) bond motifs is 2. The number of hydrogen-bond acceptors (Lipinski definition) is 3. The van der Waals surface area contributed by atoms with Crippen molar-refractivity contribution in [2.75, 3.05) is 13.2 Å². The molecule has 2 unspecified atom stereocenters. The van der Waals surface area contributed by atoms with E-state index in [0.717, 1.165) is 11.1 Å². The third-order valence-electron chi connectivity index (χ3n) is 4.04. The van der Waals surface area contributed by atoms with Crippen LogP contribution in [0.15, 0.2) is 24.3 Å². The fourth-order valence-corrected chi connectivity index (χ4v) is 3.67. The Kier molecular flexibility index (Phi) is 4.82. The first kappa shape index (κ1) is 17.6. The van der Waals surface area contributed by atoms with Gasteiger partial charge >= 0.3 is 6.09 Å². The summed E-state index contributed by atoms with van der Waals surface area (Å²) in [5.41, 5.74) is 1.61. The van der Waals surface area contributed by atoms with Crippen molar-refractivity contribution >= 4 is 34.9 Å². The summed E-state index contributed by atoms with van der Waals surface area (Å²) in [5, 5.41) is 1.21. The highest BCUT2D eigenvalue weighted by Gasteiger charge is 2.40. The van der Waals surface area contributed by atoms with E-state index in [1.54, 1.807) is 11.0 Å². The standard InChI is InChI=1S/C18H21Cl2NO3/c1-18(2,3)24-17(22)21-15-6-12(7-16(21)10-23-9-15)11-4-13(19)8-14(20)5-11/h4-6,8,15-16H,7,9-10H2,1-3H3. The summed E-state index contributed by atoms with van der Waals surface area (Å²) in [4.78, 5) is 14.4. The topological polar surface area (TPSA) is 38.8 Å². The minimum absolute atomic E-state index is 0.0450. The molecule has 1 aromatic carbocycles. The number of morpholine rings is 1. The van der Waals surface area contributed by atoms with Crippen LogP contribution < -0.4 is 0 Å². The highest BCUT2D eigenvalue weighted by Crippen LogP contribution is 2.35. The second kappa shape index (κ2) is 6.58. The molecule has 1 amide bonds. The van der Waals surface area contributed by atoms with Crippen LogP contribution in [0.3, 0.4) is 0 Å². The molecule has 0 aromatic heterocycles. The van der Waals surface area contributed by atoms with Crippen molar-refractivity contribution in [2.24, 2.45) is 0 Å². The molecular formula is C18H21Cl2NO3. The minimum atomic E-state index is -0.517. The average Bonchev–Trinajstić information content (AvgIpc) is 2.42. The van der Waals surface area contributed by atoms with Crippen molar-refractivity contribution in [3.63, 3.8) is 0 Å². The Morgan fingerprint density at radius 2 is 1.88 bits per heavy atom. The Hall–Kier alpha value is -1.23. The number of carbonyl (C=O) groups excluding carboxylic acids is 1. The third kappa shape index (κ3) is 3.88. The van der Waals surface area contributed by atoms with Crippen LogP contribution in [-0.4, -0.2) is 41.9 Å². The molecule has 4 nitrogen and oxygen atoms in total. The number of carbonyl (C=O) groups is 1. The smallest absolute Gasteiger partial charge is 0.411 e. The summed E-state index contributed by atoms with van der Waals surface area (Å²) in [6, 6.07) is 5.33. The molecular weight excluding hydrogens is 349 g/mol. The monoisotopic (exact) mass is 369 g/mol. The lowest BCUT2D eigenvalue weighted by atomic mass is 9.90. The minimum Gasteiger partial charge on any atom is -0.444 e. The quantitative estimate of drug-likeness (QED) is 0.714. The fourth-order valence-electron chi connectivity index (χ4n) is 3.15. The summed E-state index contributed by atoms with van der Waals surface area (Å²) in [7, 11) is 0. The maximum absolute atomic E-state index is 12.6. The fraction of sp³-hybridized carbons (Fsp3) is 0.500. The van der Waals surface area contributed by atoms with Crippen molar-refractivity contribution in [3.05, 3.63) is 39.9 Å². The van der Waals surface area contributed by atoms with Gasteiger partial charge in [0.1, 0.15) is 5.60 Å². The highest BCUT2D eigenvalue weighted by molar-refractivity contribution is 6.34. The van der Waals surface area contributed by atoms with Crippen molar-refractivity contribution in [1.29, 1.82) is 0 Å². The van der Waals surface area contributed by atoms with Gasteiger partial charge in [-0.1, -0.05) is 29.3 Å². The van der Waals surface area contributed by atoms with Crippen LogP contribution in [0.2, 0.25) is 10.0 Å². The number of hydrogen-bond donors (Lipinski definition) is 0. The van der Waals surface area contributed by atoms with Gasteiger partial charge in [0, 0.05) is 10.0 Å². The predicted octanol–water partition coefficient (Wildman–Crippen LogP) is 4.79. The molecule has 130 valence electrons. The predicted molar refractivity (Wildman–Crippen MR) is 95.5 cm³/mol. The van der Waals surface area contributed by atoms with Crippen molar-refractivity contribution < 1.29 is 14.3 Å². The molecule has 1 saturated heterocycles. The van der Waals surface area contributed by atoms with E-state index in [-0.39, 0.29) is 18.2 Å². The SMILES string of the molecule is CC(C)(C)OC(=O)N1C2C=C(c3cc(Cl)cc(Cl)c3)CC1COC2. The number of ether oxygens (including phenoxy) is 2. The lowest BCUT2D eigenvalue weighted by Crippen LogP contribution is -2.57. The molecule has 2 heterocycles. The Labute approximate surface area is 152 Å². The average molecular weight is 370 g/mol. The molecule has 0 radical (unpaired) electrons. The normalized spacial score (nSPS) is 23.7. The molecule has 0 aliphatic carbocycles. The second-order valence-electron chi connectivity index (χ2n) is 7.20. The summed E-state index contributed by atoms with van der Waals surface area (Å²) in [5.74, 6) is 0. The van der Waals surface area contributed by atoms with E-state index in [9.17, 15) is 4.79 Å². The van der Waals surface area contributed by atoms with Crippen molar-refractivity contribution in [2.45, 2.75) is 44.9 Å². The van der Waals surface area contributed by atoms with Crippen LogP contribution in [0, 0.1) is 0 Å². The highest BCUT2D eigenvalue weighted by atomic mass is 35.5. The Morgan fingerprint density at radius 1 is 1.21 bits per heavy atom. The number of benzene rings is 1. The number of nitrogens with zero attached hydrogens (tertiary/aromatic N) is 1. The maximum atomic E-state index is 12.6. The van der Waals surface area contributed by atoms with Crippen LogP contribution in [0.25, 0.3) is 5.57 Å². The molecule has 2 aliphatic rings. The van der Waals surface area contributed by atoms with Gasteiger partial charge in [-0.3, -0.25) is 4.90 Å². The number of amides is 1. The van der Waals surface area contributed by atoms with Crippen LogP contribution in [0.1, 0.15) is 32.8 Å². The third-order valence-corrected chi connectivity index (χ3v) is 4.47. The second-order valence-corrected chi connectivity index (χ2v) is 8.07. The van der Waals surface area contributed by atoms with E-state index in [1.165, 1.54) is 0 Å². The largest absolute Gasteiger partial charge is 0.444 e. The molecule has 24 heavy (non-hydrogen) atoms. The van der Waals surface area contributed by atoms with Crippen LogP contribution in [0.5, 0.6) is 0 Å². The summed E-state index contributed by atoms with van der Waals surface area (Å²) in [6.07, 6.45) is 2.45. The zero-order chi connectivity index (χ0) is 17.5. The molecule has 0 saturated carbocycles. The molecule has 0 N–H and O–H groups in total. The van der Waals surface area contributed by atoms with Gasteiger partial charge in [0.15, 0.2) is 0 Å². The van der Waals surface area contributed by atoms with E-state index in [4.69, 9.17) is 32.7 Å². The van der Waals surface area contributed by atoms with Crippen LogP contribution >= 0.6 is 23.2 Å². The summed E-state index contributed by atoms with van der Waals surface area (Å²) in [6.45, 7) is 6.58. The molecule has 6 heteroatoms. The first-order valence-corrected chi connectivity index (χ1v) is 8.75. The number of rotatable bonds is 1. The van der Waals surface area contributed by atoms with Gasteiger partial charge in [0.05, 0.1) is 25.3 Å². The van der Waals surface area contributed by atoms with Gasteiger partial charge in [0.25, 0.3) is 0 Å². The molecule has 1 fully saturated rings. The first-order valence-electron chi connectivity index (χ1n) is 7.99. The zero-order valence-electron chi connectivity index (χ0n) is 14.0. The van der Waals surface area contributed by atoms with Gasteiger partial charge < -0.3 is 9.47 Å². The molecule has 0 spiro atoms.